The van der Waals surface area contributed by atoms with Gasteiger partial charge in [0.15, 0.2) is 0 Å². The topological polar surface area (TPSA) is 71.2 Å². The first kappa shape index (κ1) is 20.9. The van der Waals surface area contributed by atoms with Crippen molar-refractivity contribution in [2.24, 2.45) is 11.8 Å². The Morgan fingerprint density at radius 1 is 0.968 bits per heavy atom. The SMILES string of the molecule is O=C(C[C@@H]1CC=CC[C@@H]1COC(=O)c1ccccc1)NCCc1c[nH]c2ccccc12. The molecule has 1 amide bonds. The van der Waals surface area contributed by atoms with Gasteiger partial charge in [0.05, 0.1) is 12.2 Å². The summed E-state index contributed by atoms with van der Waals surface area (Å²) in [6.45, 7) is 0.947. The second-order valence-electron chi connectivity index (χ2n) is 8.09. The van der Waals surface area contributed by atoms with Gasteiger partial charge >= 0.3 is 5.97 Å². The van der Waals surface area contributed by atoms with Gasteiger partial charge in [0.1, 0.15) is 0 Å². The third kappa shape index (κ3) is 5.43. The summed E-state index contributed by atoms with van der Waals surface area (Å²) in [5.41, 5.74) is 2.88. The quantitative estimate of drug-likeness (QED) is 0.415. The summed E-state index contributed by atoms with van der Waals surface area (Å²) < 4.78 is 5.54. The molecule has 5 heteroatoms. The molecule has 31 heavy (non-hydrogen) atoms. The van der Waals surface area contributed by atoms with E-state index in [0.717, 1.165) is 24.8 Å². The number of H-pyrrole nitrogens is 1. The monoisotopic (exact) mass is 416 g/mol. The minimum Gasteiger partial charge on any atom is -0.462 e. The summed E-state index contributed by atoms with van der Waals surface area (Å²) in [6.07, 6.45) is 9.16. The lowest BCUT2D eigenvalue weighted by molar-refractivity contribution is -0.122. The highest BCUT2D eigenvalue weighted by atomic mass is 16.5. The van der Waals surface area contributed by atoms with Crippen LogP contribution >= 0.6 is 0 Å². The van der Waals surface area contributed by atoms with E-state index in [-0.39, 0.29) is 23.7 Å². The molecule has 1 aliphatic rings. The van der Waals surface area contributed by atoms with Crippen LogP contribution < -0.4 is 5.32 Å². The number of nitrogens with one attached hydrogen (secondary N) is 2. The second-order valence-corrected chi connectivity index (χ2v) is 8.09. The van der Waals surface area contributed by atoms with E-state index < -0.39 is 0 Å². The fourth-order valence-electron chi connectivity index (χ4n) is 4.21. The standard InChI is InChI=1S/C26H28N2O3/c29-25(27-15-14-21-17-28-24-13-7-6-12-23(21)24)16-20-10-4-5-11-22(20)18-31-26(30)19-8-2-1-3-9-19/h1-9,12-13,17,20,22,28H,10-11,14-16,18H2,(H,27,29)/t20-,22+/m0/s1. The van der Waals surface area contributed by atoms with Crippen LogP contribution in [-0.2, 0) is 16.0 Å². The van der Waals surface area contributed by atoms with Gasteiger partial charge in [-0.1, -0.05) is 48.6 Å². The molecule has 3 aromatic rings. The number of allylic oxidation sites excluding steroid dienone is 2. The highest BCUT2D eigenvalue weighted by Gasteiger charge is 2.26. The van der Waals surface area contributed by atoms with Crippen LogP contribution in [0.25, 0.3) is 10.9 Å². The van der Waals surface area contributed by atoms with Crippen LogP contribution in [0, 0.1) is 11.8 Å². The van der Waals surface area contributed by atoms with E-state index in [1.54, 1.807) is 12.1 Å². The molecule has 0 saturated heterocycles. The molecule has 0 fully saturated rings. The highest BCUT2D eigenvalue weighted by Crippen LogP contribution is 2.29. The van der Waals surface area contributed by atoms with Crippen molar-refractivity contribution in [3.63, 3.8) is 0 Å². The zero-order valence-corrected chi connectivity index (χ0v) is 17.6. The maximum Gasteiger partial charge on any atom is 0.338 e. The Labute approximate surface area is 182 Å². The first-order valence-electron chi connectivity index (χ1n) is 10.9. The van der Waals surface area contributed by atoms with Crippen LogP contribution in [0.2, 0.25) is 0 Å². The molecule has 0 radical (unpaired) electrons. The fourth-order valence-corrected chi connectivity index (χ4v) is 4.21. The number of para-hydroxylation sites is 1. The van der Waals surface area contributed by atoms with E-state index in [9.17, 15) is 9.59 Å². The number of amides is 1. The van der Waals surface area contributed by atoms with Crippen molar-refractivity contribution in [2.45, 2.75) is 25.7 Å². The lowest BCUT2D eigenvalue weighted by Gasteiger charge is -2.27. The maximum absolute atomic E-state index is 12.6. The molecule has 2 aromatic carbocycles. The van der Waals surface area contributed by atoms with Crippen LogP contribution in [0.15, 0.2) is 72.9 Å². The highest BCUT2D eigenvalue weighted by molar-refractivity contribution is 5.89. The van der Waals surface area contributed by atoms with Crippen molar-refractivity contribution in [2.75, 3.05) is 13.2 Å². The average molecular weight is 417 g/mol. The Morgan fingerprint density at radius 3 is 2.55 bits per heavy atom. The van der Waals surface area contributed by atoms with E-state index in [1.165, 1.54) is 10.9 Å². The van der Waals surface area contributed by atoms with Crippen LogP contribution in [0.1, 0.15) is 35.2 Å². The lowest BCUT2D eigenvalue weighted by Crippen LogP contribution is -2.32. The van der Waals surface area contributed by atoms with Crippen LogP contribution in [0.3, 0.4) is 0 Å². The van der Waals surface area contributed by atoms with Gasteiger partial charge in [-0.05, 0) is 48.9 Å². The zero-order chi connectivity index (χ0) is 21.5. The van der Waals surface area contributed by atoms with Gasteiger partial charge in [-0.3, -0.25) is 4.79 Å². The molecular formula is C26H28N2O3. The van der Waals surface area contributed by atoms with Crippen molar-refractivity contribution < 1.29 is 14.3 Å². The Bertz CT molecular complexity index is 1050. The number of carbonyl (C=O) groups excluding carboxylic acids is 2. The van der Waals surface area contributed by atoms with Gasteiger partial charge in [-0.2, -0.15) is 0 Å². The Balaban J connectivity index is 1.25. The minimum absolute atomic E-state index is 0.0551. The molecule has 0 aliphatic heterocycles. The average Bonchev–Trinajstić information content (AvgIpc) is 3.22. The third-order valence-corrected chi connectivity index (χ3v) is 5.99. The van der Waals surface area contributed by atoms with E-state index in [4.69, 9.17) is 4.74 Å². The Morgan fingerprint density at radius 2 is 1.71 bits per heavy atom. The minimum atomic E-state index is -0.308. The van der Waals surface area contributed by atoms with Gasteiger partial charge < -0.3 is 15.0 Å². The van der Waals surface area contributed by atoms with Gasteiger partial charge in [0, 0.05) is 36.0 Å². The second kappa shape index (κ2) is 10.1. The summed E-state index contributed by atoms with van der Waals surface area (Å²) in [7, 11) is 0. The number of benzene rings is 2. The predicted octanol–water partition coefficient (Wildman–Crippen LogP) is 4.66. The van der Waals surface area contributed by atoms with E-state index in [0.29, 0.717) is 25.1 Å². The van der Waals surface area contributed by atoms with Crippen molar-refractivity contribution in [1.29, 1.82) is 0 Å². The first-order valence-corrected chi connectivity index (χ1v) is 10.9. The number of aromatic amines is 1. The van der Waals surface area contributed by atoms with E-state index >= 15 is 0 Å². The number of hydrogen-bond donors (Lipinski definition) is 2. The van der Waals surface area contributed by atoms with Gasteiger partial charge in [-0.15, -0.1) is 0 Å². The van der Waals surface area contributed by atoms with Crippen molar-refractivity contribution in [1.82, 2.24) is 10.3 Å². The first-order chi connectivity index (χ1) is 15.2. The molecule has 5 nitrogen and oxygen atoms in total. The number of fused-ring (bicyclic) bond motifs is 1. The molecule has 0 unspecified atom stereocenters. The molecule has 1 heterocycles. The molecule has 2 N–H and O–H groups in total. The van der Waals surface area contributed by atoms with Crippen molar-refractivity contribution in [3.8, 4) is 0 Å². The Hall–Kier alpha value is -3.34. The Kier molecular flexibility index (Phi) is 6.82. The normalized spacial score (nSPS) is 18.1. The van der Waals surface area contributed by atoms with Crippen LogP contribution in [0.5, 0.6) is 0 Å². The van der Waals surface area contributed by atoms with E-state index in [2.05, 4.69) is 34.6 Å². The molecule has 0 saturated carbocycles. The van der Waals surface area contributed by atoms with Gasteiger partial charge in [0.25, 0.3) is 0 Å². The van der Waals surface area contributed by atoms with Gasteiger partial charge in [0.2, 0.25) is 5.91 Å². The third-order valence-electron chi connectivity index (χ3n) is 5.99. The number of carbonyl (C=O) groups is 2. The zero-order valence-electron chi connectivity index (χ0n) is 17.6. The molecule has 4 rings (SSSR count). The molecule has 160 valence electrons. The number of rotatable bonds is 8. The van der Waals surface area contributed by atoms with Gasteiger partial charge in [-0.25, -0.2) is 4.79 Å². The number of aromatic nitrogens is 1. The molecule has 1 aromatic heterocycles. The summed E-state index contributed by atoms with van der Waals surface area (Å²) in [6, 6.07) is 17.2. The molecule has 2 atom stereocenters. The lowest BCUT2D eigenvalue weighted by atomic mass is 9.81. The number of esters is 1. The predicted molar refractivity (Wildman–Crippen MR) is 122 cm³/mol. The number of ether oxygens (including phenoxy) is 1. The molecular weight excluding hydrogens is 388 g/mol. The molecule has 1 aliphatic carbocycles. The van der Waals surface area contributed by atoms with E-state index in [1.807, 2.05) is 36.5 Å². The van der Waals surface area contributed by atoms with Crippen molar-refractivity contribution >= 4 is 22.8 Å². The smallest absolute Gasteiger partial charge is 0.338 e. The summed E-state index contributed by atoms with van der Waals surface area (Å²) in [5.74, 6) is 0.0929. The largest absolute Gasteiger partial charge is 0.462 e. The van der Waals surface area contributed by atoms with Crippen molar-refractivity contribution in [3.05, 3.63) is 84.1 Å². The fraction of sp³-hybridized carbons (Fsp3) is 0.308. The van der Waals surface area contributed by atoms with Crippen LogP contribution in [0.4, 0.5) is 0 Å². The summed E-state index contributed by atoms with van der Waals surface area (Å²) >= 11 is 0. The maximum atomic E-state index is 12.6. The van der Waals surface area contributed by atoms with Crippen LogP contribution in [-0.4, -0.2) is 30.0 Å². The molecule has 0 bridgehead atoms. The summed E-state index contributed by atoms with van der Waals surface area (Å²) in [5, 5.41) is 4.26. The number of hydrogen-bond acceptors (Lipinski definition) is 3. The molecule has 0 spiro atoms. The summed E-state index contributed by atoms with van der Waals surface area (Å²) in [4.78, 5) is 28.1.